The Balaban J connectivity index is 5.17. The summed E-state index contributed by atoms with van der Waals surface area (Å²) < 4.78 is 0. The highest BCUT2D eigenvalue weighted by Gasteiger charge is 2.43. The Kier molecular flexibility index (Phi) is 12.7. The Labute approximate surface area is 148 Å². The van der Waals surface area contributed by atoms with Gasteiger partial charge in [-0.25, -0.2) is 0 Å². The molecular formula is C20H38O4. The Morgan fingerprint density at radius 2 is 1.29 bits per heavy atom. The number of hydrogen-bond acceptors (Lipinski definition) is 2. The van der Waals surface area contributed by atoms with Crippen molar-refractivity contribution in [2.45, 2.75) is 104 Å². The molecule has 0 saturated carbocycles. The Morgan fingerprint density at radius 3 is 1.71 bits per heavy atom. The third-order valence-electron chi connectivity index (χ3n) is 5.26. The summed E-state index contributed by atoms with van der Waals surface area (Å²) in [5, 5.41) is 18.9. The van der Waals surface area contributed by atoms with E-state index in [-0.39, 0.29) is 12.3 Å². The molecule has 0 aromatic carbocycles. The van der Waals surface area contributed by atoms with Crippen LogP contribution in [0.5, 0.6) is 0 Å². The molecule has 0 radical (unpaired) electrons. The molecule has 0 fully saturated rings. The highest BCUT2D eigenvalue weighted by Crippen LogP contribution is 2.44. The lowest BCUT2D eigenvalue weighted by molar-refractivity contribution is -0.155. The summed E-state index contributed by atoms with van der Waals surface area (Å²) >= 11 is 0. The quantitative estimate of drug-likeness (QED) is 0.343. The number of aliphatic carboxylic acids is 2. The minimum atomic E-state index is -0.762. The van der Waals surface area contributed by atoms with Gasteiger partial charge in [-0.15, -0.1) is 0 Å². The highest BCUT2D eigenvalue weighted by molar-refractivity contribution is 5.75. The van der Waals surface area contributed by atoms with Gasteiger partial charge in [0.1, 0.15) is 0 Å². The van der Waals surface area contributed by atoms with Gasteiger partial charge in [0.15, 0.2) is 0 Å². The predicted octanol–water partition coefficient (Wildman–Crippen LogP) is 5.89. The Hall–Kier alpha value is -1.06. The van der Waals surface area contributed by atoms with Crippen molar-refractivity contribution < 1.29 is 19.8 Å². The van der Waals surface area contributed by atoms with Crippen molar-refractivity contribution in [2.75, 3.05) is 0 Å². The molecule has 0 saturated heterocycles. The zero-order valence-electron chi connectivity index (χ0n) is 16.0. The van der Waals surface area contributed by atoms with E-state index in [1.807, 2.05) is 0 Å². The summed E-state index contributed by atoms with van der Waals surface area (Å²) in [6, 6.07) is 0. The number of carbonyl (C=O) groups is 2. The van der Waals surface area contributed by atoms with E-state index in [1.165, 1.54) is 0 Å². The van der Waals surface area contributed by atoms with Crippen molar-refractivity contribution in [3.05, 3.63) is 0 Å². The highest BCUT2D eigenvalue weighted by atomic mass is 16.4. The third kappa shape index (κ3) is 8.16. The van der Waals surface area contributed by atoms with Crippen molar-refractivity contribution in [2.24, 2.45) is 11.3 Å². The average Bonchev–Trinajstić information content (AvgIpc) is 2.54. The molecule has 0 aliphatic carbocycles. The van der Waals surface area contributed by atoms with Crippen LogP contribution in [0.2, 0.25) is 0 Å². The summed E-state index contributed by atoms with van der Waals surface area (Å²) in [5.41, 5.74) is -0.621. The zero-order valence-corrected chi connectivity index (χ0v) is 16.0. The van der Waals surface area contributed by atoms with Crippen LogP contribution in [0, 0.1) is 11.3 Å². The first-order valence-electron chi connectivity index (χ1n) is 9.89. The molecule has 4 nitrogen and oxygen atoms in total. The average molecular weight is 343 g/mol. The lowest BCUT2D eigenvalue weighted by Gasteiger charge is -2.38. The molecule has 1 unspecified atom stereocenters. The van der Waals surface area contributed by atoms with Gasteiger partial charge in [0.25, 0.3) is 0 Å². The van der Waals surface area contributed by atoms with Crippen molar-refractivity contribution in [3.8, 4) is 0 Å². The molecule has 142 valence electrons. The van der Waals surface area contributed by atoms with Crippen molar-refractivity contribution >= 4 is 11.9 Å². The molecule has 0 aliphatic rings. The molecule has 2 N–H and O–H groups in total. The molecule has 0 amide bonds. The fraction of sp³-hybridized carbons (Fsp3) is 0.900. The van der Waals surface area contributed by atoms with Crippen LogP contribution in [0.25, 0.3) is 0 Å². The van der Waals surface area contributed by atoms with E-state index in [9.17, 15) is 14.7 Å². The van der Waals surface area contributed by atoms with E-state index >= 15 is 0 Å². The van der Waals surface area contributed by atoms with Crippen LogP contribution in [0.1, 0.15) is 104 Å². The number of rotatable bonds is 16. The molecule has 0 aromatic heterocycles. The molecule has 0 aliphatic heterocycles. The van der Waals surface area contributed by atoms with Crippen LogP contribution < -0.4 is 0 Å². The van der Waals surface area contributed by atoms with Crippen LogP contribution in [0.4, 0.5) is 0 Å². The Bertz CT molecular complexity index is 344. The second kappa shape index (κ2) is 13.3. The summed E-state index contributed by atoms with van der Waals surface area (Å²) in [6.45, 7) is 6.36. The van der Waals surface area contributed by atoms with E-state index in [0.717, 1.165) is 70.6 Å². The number of unbranched alkanes of at least 4 members (excludes halogenated alkanes) is 4. The fourth-order valence-electron chi connectivity index (χ4n) is 3.72. The molecule has 4 heteroatoms. The van der Waals surface area contributed by atoms with Crippen molar-refractivity contribution in [1.82, 2.24) is 0 Å². The van der Waals surface area contributed by atoms with Crippen molar-refractivity contribution in [1.29, 1.82) is 0 Å². The van der Waals surface area contributed by atoms with Crippen LogP contribution >= 0.6 is 0 Å². The van der Waals surface area contributed by atoms with E-state index in [0.29, 0.717) is 6.42 Å². The third-order valence-corrected chi connectivity index (χ3v) is 5.26. The second-order valence-corrected chi connectivity index (χ2v) is 7.15. The van der Waals surface area contributed by atoms with Crippen LogP contribution in [-0.4, -0.2) is 22.2 Å². The minimum absolute atomic E-state index is 0.168. The number of hydrogen-bond donors (Lipinski definition) is 2. The maximum Gasteiger partial charge on any atom is 0.309 e. The number of carboxylic acids is 2. The van der Waals surface area contributed by atoms with Crippen LogP contribution in [0.15, 0.2) is 0 Å². The normalized spacial score (nSPS) is 13.0. The molecule has 0 heterocycles. The second-order valence-electron chi connectivity index (χ2n) is 7.15. The van der Waals surface area contributed by atoms with Gasteiger partial charge in [0.2, 0.25) is 0 Å². The standard InChI is InChI=1S/C20H38O4/c1-4-7-12-17(13-10-11-14-18(21)22)20(19(23)24,15-8-5-2)16-9-6-3/h17H,4-16H2,1-3H3,(H,21,22)(H,23,24). The van der Waals surface area contributed by atoms with E-state index in [1.54, 1.807) is 0 Å². The minimum Gasteiger partial charge on any atom is -0.481 e. The molecule has 0 rings (SSSR count). The maximum absolute atomic E-state index is 12.3. The Morgan fingerprint density at radius 1 is 0.792 bits per heavy atom. The first-order chi connectivity index (χ1) is 11.4. The monoisotopic (exact) mass is 342 g/mol. The molecule has 0 spiro atoms. The fourth-order valence-corrected chi connectivity index (χ4v) is 3.72. The summed E-state index contributed by atoms with van der Waals surface area (Å²) in [7, 11) is 0. The van der Waals surface area contributed by atoms with Gasteiger partial charge in [-0.1, -0.05) is 65.7 Å². The maximum atomic E-state index is 12.3. The van der Waals surface area contributed by atoms with Gasteiger partial charge in [-0.2, -0.15) is 0 Å². The van der Waals surface area contributed by atoms with Gasteiger partial charge in [0.05, 0.1) is 5.41 Å². The first kappa shape index (κ1) is 22.9. The molecular weight excluding hydrogens is 304 g/mol. The van der Waals surface area contributed by atoms with Crippen LogP contribution in [-0.2, 0) is 9.59 Å². The van der Waals surface area contributed by atoms with E-state index < -0.39 is 17.4 Å². The topological polar surface area (TPSA) is 74.6 Å². The first-order valence-corrected chi connectivity index (χ1v) is 9.89. The molecule has 0 bridgehead atoms. The SMILES string of the molecule is CCCCC(CCCCC(=O)O)C(CCCC)(CCCC)C(=O)O. The molecule has 24 heavy (non-hydrogen) atoms. The zero-order chi connectivity index (χ0) is 18.4. The van der Waals surface area contributed by atoms with Gasteiger partial charge in [0, 0.05) is 6.42 Å². The smallest absolute Gasteiger partial charge is 0.309 e. The van der Waals surface area contributed by atoms with Gasteiger partial charge >= 0.3 is 11.9 Å². The van der Waals surface area contributed by atoms with E-state index in [4.69, 9.17) is 5.11 Å². The van der Waals surface area contributed by atoms with Gasteiger partial charge in [-0.05, 0) is 38.0 Å². The predicted molar refractivity (Wildman–Crippen MR) is 98.2 cm³/mol. The van der Waals surface area contributed by atoms with E-state index in [2.05, 4.69) is 20.8 Å². The van der Waals surface area contributed by atoms with Gasteiger partial charge in [-0.3, -0.25) is 9.59 Å². The number of carboxylic acid groups (broad SMARTS) is 2. The molecule has 0 aromatic rings. The van der Waals surface area contributed by atoms with Crippen molar-refractivity contribution in [3.63, 3.8) is 0 Å². The largest absolute Gasteiger partial charge is 0.481 e. The lowest BCUT2D eigenvalue weighted by atomic mass is 9.65. The summed E-state index contributed by atoms with van der Waals surface area (Å²) in [6.07, 6.45) is 11.0. The lowest BCUT2D eigenvalue weighted by Crippen LogP contribution is -2.39. The summed E-state index contributed by atoms with van der Waals surface area (Å²) in [5.74, 6) is -1.23. The summed E-state index contributed by atoms with van der Waals surface area (Å²) in [4.78, 5) is 23.0. The molecule has 1 atom stereocenters. The van der Waals surface area contributed by atoms with Crippen LogP contribution in [0.3, 0.4) is 0 Å². The van der Waals surface area contributed by atoms with Gasteiger partial charge < -0.3 is 10.2 Å².